The smallest absolute Gasteiger partial charge is 0.271 e. The second-order valence-electron chi connectivity index (χ2n) is 5.88. The number of nitrogens with one attached hydrogen (secondary N) is 1. The van der Waals surface area contributed by atoms with E-state index in [0.717, 1.165) is 18.7 Å². The normalized spacial score (nSPS) is 10.6. The summed E-state index contributed by atoms with van der Waals surface area (Å²) in [5.74, 6) is -0.175. The Morgan fingerprint density at radius 2 is 2.00 bits per heavy atom. The van der Waals surface area contributed by atoms with Gasteiger partial charge in [0.15, 0.2) is 0 Å². The van der Waals surface area contributed by atoms with Gasteiger partial charge in [0, 0.05) is 38.0 Å². The molecule has 0 atom stereocenters. The molecule has 2 rings (SSSR count). The van der Waals surface area contributed by atoms with Crippen LogP contribution in [0.1, 0.15) is 6.42 Å². The first-order valence-electron chi connectivity index (χ1n) is 8.48. The third-order valence-corrected chi connectivity index (χ3v) is 4.16. The van der Waals surface area contributed by atoms with Gasteiger partial charge >= 0.3 is 0 Å². The van der Waals surface area contributed by atoms with Crippen LogP contribution < -0.4 is 10.2 Å². The Bertz CT molecular complexity index is 884. The molecule has 2 aromatic carbocycles. The zero-order valence-electron chi connectivity index (χ0n) is 15.3. The van der Waals surface area contributed by atoms with Gasteiger partial charge in [0.25, 0.3) is 5.69 Å². The SMILES string of the molecule is C=CC(=O)NCCCN(C)c1ccc(N=Nc2ccc([N+](=O)[O-])cc2Cl)cc1. The monoisotopic (exact) mass is 401 g/mol. The molecule has 0 aliphatic heterocycles. The quantitative estimate of drug-likeness (QED) is 0.214. The van der Waals surface area contributed by atoms with Crippen LogP contribution in [0.5, 0.6) is 0 Å². The average molecular weight is 402 g/mol. The highest BCUT2D eigenvalue weighted by atomic mass is 35.5. The van der Waals surface area contributed by atoms with E-state index in [2.05, 4.69) is 27.0 Å². The molecule has 0 saturated heterocycles. The molecule has 1 amide bonds. The Hall–Kier alpha value is -3.26. The summed E-state index contributed by atoms with van der Waals surface area (Å²) in [5, 5.41) is 21.8. The number of carbonyl (C=O) groups excluding carboxylic acids is 1. The molecule has 0 heterocycles. The van der Waals surface area contributed by atoms with E-state index in [1.54, 1.807) is 0 Å². The van der Waals surface area contributed by atoms with E-state index in [1.807, 2.05) is 31.3 Å². The first kappa shape index (κ1) is 21.0. The zero-order chi connectivity index (χ0) is 20.5. The Kier molecular flexibility index (Phi) is 7.65. The number of hydrogen-bond acceptors (Lipinski definition) is 6. The van der Waals surface area contributed by atoms with Crippen molar-refractivity contribution in [1.29, 1.82) is 0 Å². The van der Waals surface area contributed by atoms with Gasteiger partial charge in [-0.25, -0.2) is 0 Å². The topological polar surface area (TPSA) is 100 Å². The number of rotatable bonds is 9. The zero-order valence-corrected chi connectivity index (χ0v) is 16.1. The highest BCUT2D eigenvalue weighted by Gasteiger charge is 2.09. The summed E-state index contributed by atoms with van der Waals surface area (Å²) in [4.78, 5) is 23.4. The van der Waals surface area contributed by atoms with Crippen molar-refractivity contribution in [3.63, 3.8) is 0 Å². The van der Waals surface area contributed by atoms with Crippen LogP contribution in [0.25, 0.3) is 0 Å². The van der Waals surface area contributed by atoms with Crippen LogP contribution in [0.2, 0.25) is 5.02 Å². The van der Waals surface area contributed by atoms with Crippen LogP contribution >= 0.6 is 11.6 Å². The summed E-state index contributed by atoms with van der Waals surface area (Å²) in [7, 11) is 1.96. The summed E-state index contributed by atoms with van der Waals surface area (Å²) < 4.78 is 0. The van der Waals surface area contributed by atoms with Crippen LogP contribution in [0, 0.1) is 10.1 Å². The predicted molar refractivity (Wildman–Crippen MR) is 110 cm³/mol. The largest absolute Gasteiger partial charge is 0.375 e. The van der Waals surface area contributed by atoms with E-state index in [1.165, 1.54) is 24.3 Å². The molecule has 0 radical (unpaired) electrons. The lowest BCUT2D eigenvalue weighted by molar-refractivity contribution is -0.384. The second-order valence-corrected chi connectivity index (χ2v) is 6.29. The maximum Gasteiger partial charge on any atom is 0.271 e. The summed E-state index contributed by atoms with van der Waals surface area (Å²) in [6, 6.07) is 11.5. The third-order valence-electron chi connectivity index (χ3n) is 3.86. The van der Waals surface area contributed by atoms with Crippen LogP contribution in [0.15, 0.2) is 65.3 Å². The van der Waals surface area contributed by atoms with Gasteiger partial charge in [0.1, 0.15) is 5.69 Å². The molecule has 9 heteroatoms. The van der Waals surface area contributed by atoms with Gasteiger partial charge in [0.2, 0.25) is 5.91 Å². The number of nitrogens with zero attached hydrogens (tertiary/aromatic N) is 4. The highest BCUT2D eigenvalue weighted by molar-refractivity contribution is 6.33. The summed E-state index contributed by atoms with van der Waals surface area (Å²) in [6.45, 7) is 4.76. The maximum atomic E-state index is 11.1. The number of carbonyl (C=O) groups is 1. The molecule has 0 aliphatic carbocycles. The standard InChI is InChI=1S/C19H20ClN5O3/c1-3-19(26)21-11-4-12-24(2)15-7-5-14(6-8-15)22-23-18-10-9-16(25(27)28)13-17(18)20/h3,5-10,13H,1,4,11-12H2,2H3,(H,21,26). The molecule has 0 aliphatic rings. The number of hydrogen-bond donors (Lipinski definition) is 1. The number of benzene rings is 2. The van der Waals surface area contributed by atoms with Crippen LogP contribution in [0.3, 0.4) is 0 Å². The van der Waals surface area contributed by atoms with Crippen molar-refractivity contribution in [2.75, 3.05) is 25.0 Å². The van der Waals surface area contributed by atoms with Crippen LogP contribution in [0.4, 0.5) is 22.7 Å². The Morgan fingerprint density at radius 1 is 1.29 bits per heavy atom. The van der Waals surface area contributed by atoms with Crippen molar-refractivity contribution in [2.24, 2.45) is 10.2 Å². The van der Waals surface area contributed by atoms with Crippen molar-refractivity contribution in [3.8, 4) is 0 Å². The molecule has 28 heavy (non-hydrogen) atoms. The molecule has 0 fully saturated rings. The molecular formula is C19H20ClN5O3. The number of non-ortho nitro benzene ring substituents is 1. The fraction of sp³-hybridized carbons (Fsp3) is 0.211. The van der Waals surface area contributed by atoms with Gasteiger partial charge in [-0.2, -0.15) is 5.11 Å². The fourth-order valence-corrected chi connectivity index (χ4v) is 2.52. The van der Waals surface area contributed by atoms with Gasteiger partial charge in [-0.3, -0.25) is 14.9 Å². The van der Waals surface area contributed by atoms with Crippen molar-refractivity contribution in [1.82, 2.24) is 5.32 Å². The molecule has 0 spiro atoms. The van der Waals surface area contributed by atoms with Crippen LogP contribution in [-0.4, -0.2) is 31.0 Å². The van der Waals surface area contributed by atoms with Gasteiger partial charge in [0.05, 0.1) is 15.6 Å². The van der Waals surface area contributed by atoms with E-state index in [-0.39, 0.29) is 16.6 Å². The molecule has 0 saturated carbocycles. The van der Waals surface area contributed by atoms with Gasteiger partial charge in [-0.15, -0.1) is 5.11 Å². The van der Waals surface area contributed by atoms with Crippen molar-refractivity contribution >= 4 is 40.3 Å². The van der Waals surface area contributed by atoms with Gasteiger partial charge in [-0.05, 0) is 42.8 Å². The molecule has 2 aromatic rings. The molecule has 146 valence electrons. The molecular weight excluding hydrogens is 382 g/mol. The van der Waals surface area contributed by atoms with E-state index in [9.17, 15) is 14.9 Å². The molecule has 0 bridgehead atoms. The minimum absolute atomic E-state index is 0.0969. The van der Waals surface area contributed by atoms with Gasteiger partial charge in [-0.1, -0.05) is 18.2 Å². The molecule has 1 N–H and O–H groups in total. The molecule has 0 unspecified atom stereocenters. The maximum absolute atomic E-state index is 11.1. The number of anilines is 1. The summed E-state index contributed by atoms with van der Waals surface area (Å²) >= 11 is 6.00. The van der Waals surface area contributed by atoms with E-state index in [4.69, 9.17) is 11.6 Å². The van der Waals surface area contributed by atoms with Crippen molar-refractivity contribution in [2.45, 2.75) is 6.42 Å². The summed E-state index contributed by atoms with van der Waals surface area (Å²) in [5.41, 5.74) is 1.89. The van der Waals surface area contributed by atoms with E-state index < -0.39 is 4.92 Å². The Balaban J connectivity index is 1.93. The van der Waals surface area contributed by atoms with E-state index >= 15 is 0 Å². The molecule has 8 nitrogen and oxygen atoms in total. The summed E-state index contributed by atoms with van der Waals surface area (Å²) in [6.07, 6.45) is 2.05. The number of nitro groups is 1. The number of nitro benzene ring substituents is 1. The lowest BCUT2D eigenvalue weighted by Crippen LogP contribution is -2.26. The average Bonchev–Trinajstić information content (AvgIpc) is 2.70. The first-order valence-corrected chi connectivity index (χ1v) is 8.85. The first-order chi connectivity index (χ1) is 13.4. The fourth-order valence-electron chi connectivity index (χ4n) is 2.30. The third kappa shape index (κ3) is 6.17. The van der Waals surface area contributed by atoms with Crippen LogP contribution in [-0.2, 0) is 4.79 Å². The molecule has 0 aromatic heterocycles. The highest BCUT2D eigenvalue weighted by Crippen LogP contribution is 2.30. The van der Waals surface area contributed by atoms with Crippen molar-refractivity contribution < 1.29 is 9.72 Å². The minimum Gasteiger partial charge on any atom is -0.375 e. The van der Waals surface area contributed by atoms with Gasteiger partial charge < -0.3 is 10.2 Å². The number of amides is 1. The lowest BCUT2D eigenvalue weighted by Gasteiger charge is -2.19. The Labute approximate surface area is 167 Å². The number of halogens is 1. The second kappa shape index (κ2) is 10.2. The lowest BCUT2D eigenvalue weighted by atomic mass is 10.2. The Morgan fingerprint density at radius 3 is 2.61 bits per heavy atom. The van der Waals surface area contributed by atoms with Crippen molar-refractivity contribution in [3.05, 3.63) is 70.3 Å². The number of azo groups is 1. The van der Waals surface area contributed by atoms with E-state index in [0.29, 0.717) is 17.9 Å². The minimum atomic E-state index is -0.518. The predicted octanol–water partition coefficient (Wildman–Crippen LogP) is 4.79.